The number of carbonyl (C=O) groups is 2. The number of hydrogen-bond acceptors (Lipinski definition) is 5. The van der Waals surface area contributed by atoms with Crippen LogP contribution < -0.4 is 4.90 Å². The summed E-state index contributed by atoms with van der Waals surface area (Å²) in [5.74, 6) is 0.205. The Bertz CT molecular complexity index is 784. The van der Waals surface area contributed by atoms with Gasteiger partial charge in [-0.3, -0.25) is 9.78 Å². The van der Waals surface area contributed by atoms with Crippen molar-refractivity contribution in [3.63, 3.8) is 0 Å². The van der Waals surface area contributed by atoms with E-state index in [1.165, 1.54) is 6.26 Å². The Labute approximate surface area is 165 Å². The topological polar surface area (TPSA) is 75.9 Å². The molecular formula is C21H27N3O4. The molecule has 7 nitrogen and oxygen atoms in total. The van der Waals surface area contributed by atoms with Crippen LogP contribution in [0, 0.1) is 5.92 Å². The van der Waals surface area contributed by atoms with Crippen LogP contribution >= 0.6 is 0 Å². The predicted molar refractivity (Wildman–Crippen MR) is 105 cm³/mol. The molecule has 1 aliphatic rings. The fourth-order valence-electron chi connectivity index (χ4n) is 3.32. The number of piperidine rings is 1. The van der Waals surface area contributed by atoms with E-state index in [2.05, 4.69) is 4.98 Å². The maximum atomic E-state index is 13.0. The smallest absolute Gasteiger partial charge is 0.410 e. The number of nitrogens with zero attached hydrogens (tertiary/aromatic N) is 3. The van der Waals surface area contributed by atoms with Crippen LogP contribution in [-0.2, 0) is 4.74 Å². The average molecular weight is 385 g/mol. The molecule has 28 heavy (non-hydrogen) atoms. The maximum Gasteiger partial charge on any atom is 0.410 e. The van der Waals surface area contributed by atoms with Gasteiger partial charge in [-0.1, -0.05) is 0 Å². The number of pyridine rings is 1. The minimum atomic E-state index is -0.527. The minimum Gasteiger partial charge on any atom is -0.459 e. The van der Waals surface area contributed by atoms with Gasteiger partial charge in [0.2, 0.25) is 0 Å². The zero-order valence-electron chi connectivity index (χ0n) is 16.6. The molecule has 3 heterocycles. The normalized spacial score (nSPS) is 17.2. The van der Waals surface area contributed by atoms with Crippen molar-refractivity contribution in [3.8, 4) is 0 Å². The molecule has 150 valence electrons. The lowest BCUT2D eigenvalue weighted by Crippen LogP contribution is -2.46. The molecule has 1 unspecified atom stereocenters. The van der Waals surface area contributed by atoms with Crippen molar-refractivity contribution in [1.82, 2.24) is 9.88 Å². The van der Waals surface area contributed by atoms with E-state index in [1.54, 1.807) is 40.4 Å². The largest absolute Gasteiger partial charge is 0.459 e. The molecule has 3 rings (SSSR count). The van der Waals surface area contributed by atoms with Crippen molar-refractivity contribution in [3.05, 3.63) is 48.7 Å². The number of furan rings is 1. The third-order valence-corrected chi connectivity index (χ3v) is 4.55. The van der Waals surface area contributed by atoms with E-state index in [9.17, 15) is 9.59 Å². The highest BCUT2D eigenvalue weighted by molar-refractivity contribution is 6.04. The third kappa shape index (κ3) is 5.12. The van der Waals surface area contributed by atoms with E-state index < -0.39 is 5.60 Å². The molecule has 0 saturated carbocycles. The van der Waals surface area contributed by atoms with Crippen molar-refractivity contribution in [2.75, 3.05) is 24.5 Å². The SMILES string of the molecule is CC(C)(C)OC(=O)N1CCCC(CN(C(=O)c2ccco2)c2cccnc2)C1. The van der Waals surface area contributed by atoms with E-state index in [1.807, 2.05) is 26.8 Å². The first-order chi connectivity index (χ1) is 13.3. The summed E-state index contributed by atoms with van der Waals surface area (Å²) in [6.45, 7) is 7.28. The Morgan fingerprint density at radius 3 is 2.79 bits per heavy atom. The second-order valence-corrected chi connectivity index (χ2v) is 8.04. The van der Waals surface area contributed by atoms with Gasteiger partial charge in [0.1, 0.15) is 5.60 Å². The highest BCUT2D eigenvalue weighted by atomic mass is 16.6. The van der Waals surface area contributed by atoms with Crippen LogP contribution in [0.2, 0.25) is 0 Å². The average Bonchev–Trinajstić information content (AvgIpc) is 3.20. The molecule has 2 aromatic heterocycles. The van der Waals surface area contributed by atoms with Crippen LogP contribution in [0.3, 0.4) is 0 Å². The van der Waals surface area contributed by atoms with Crippen LogP contribution in [0.5, 0.6) is 0 Å². The van der Waals surface area contributed by atoms with Gasteiger partial charge in [0, 0.05) is 25.8 Å². The number of carbonyl (C=O) groups excluding carboxylic acids is 2. The molecule has 1 fully saturated rings. The molecule has 0 aliphatic carbocycles. The van der Waals surface area contributed by atoms with Crippen LogP contribution in [0.15, 0.2) is 47.3 Å². The number of aromatic nitrogens is 1. The van der Waals surface area contributed by atoms with Gasteiger partial charge in [-0.25, -0.2) is 4.79 Å². The molecule has 2 amide bonds. The van der Waals surface area contributed by atoms with Crippen LogP contribution in [-0.4, -0.2) is 47.1 Å². The van der Waals surface area contributed by atoms with Gasteiger partial charge in [0.25, 0.3) is 5.91 Å². The Balaban J connectivity index is 1.73. The highest BCUT2D eigenvalue weighted by Crippen LogP contribution is 2.24. The fraction of sp³-hybridized carbons (Fsp3) is 0.476. The first kappa shape index (κ1) is 19.9. The summed E-state index contributed by atoms with van der Waals surface area (Å²) in [5, 5.41) is 0. The van der Waals surface area contributed by atoms with Gasteiger partial charge in [-0.05, 0) is 63.8 Å². The second kappa shape index (κ2) is 8.46. The maximum absolute atomic E-state index is 13.0. The first-order valence-electron chi connectivity index (χ1n) is 9.57. The molecule has 1 atom stereocenters. The third-order valence-electron chi connectivity index (χ3n) is 4.55. The molecule has 1 aliphatic heterocycles. The van der Waals surface area contributed by atoms with E-state index in [-0.39, 0.29) is 23.7 Å². The van der Waals surface area contributed by atoms with E-state index in [0.717, 1.165) is 12.8 Å². The number of hydrogen-bond donors (Lipinski definition) is 0. The Hall–Kier alpha value is -2.83. The summed E-state index contributed by atoms with van der Waals surface area (Å²) in [6, 6.07) is 6.99. The van der Waals surface area contributed by atoms with Gasteiger partial charge in [-0.15, -0.1) is 0 Å². The van der Waals surface area contributed by atoms with Crippen molar-refractivity contribution in [2.45, 2.75) is 39.2 Å². The Morgan fingerprint density at radius 2 is 2.14 bits per heavy atom. The molecule has 1 saturated heterocycles. The number of anilines is 1. The Kier molecular flexibility index (Phi) is 6.02. The summed E-state index contributed by atoms with van der Waals surface area (Å²) in [7, 11) is 0. The molecule has 0 spiro atoms. The summed E-state index contributed by atoms with van der Waals surface area (Å²) < 4.78 is 10.8. The quantitative estimate of drug-likeness (QED) is 0.796. The lowest BCUT2D eigenvalue weighted by Gasteiger charge is -2.36. The van der Waals surface area contributed by atoms with Crippen LogP contribution in [0.25, 0.3) is 0 Å². The molecule has 7 heteroatoms. The molecule has 0 N–H and O–H groups in total. The summed E-state index contributed by atoms with van der Waals surface area (Å²) in [6.07, 6.45) is 6.32. The number of likely N-dealkylation sites (tertiary alicyclic amines) is 1. The standard InChI is InChI=1S/C21H27N3O4/c1-21(2,3)28-20(26)23-11-5-7-16(14-23)15-24(17-8-4-10-22-13-17)19(25)18-9-6-12-27-18/h4,6,8-10,12-13,16H,5,7,11,14-15H2,1-3H3. The monoisotopic (exact) mass is 385 g/mol. The summed E-state index contributed by atoms with van der Waals surface area (Å²) in [4.78, 5) is 33.0. The lowest BCUT2D eigenvalue weighted by molar-refractivity contribution is 0.0170. The predicted octanol–water partition coefficient (Wildman–Crippen LogP) is 3.97. The van der Waals surface area contributed by atoms with E-state index in [4.69, 9.17) is 9.15 Å². The fourth-order valence-corrected chi connectivity index (χ4v) is 3.32. The van der Waals surface area contributed by atoms with Crippen LogP contribution in [0.1, 0.15) is 44.2 Å². The number of amides is 2. The molecule has 2 aromatic rings. The summed E-state index contributed by atoms with van der Waals surface area (Å²) in [5.41, 5.74) is 0.180. The highest BCUT2D eigenvalue weighted by Gasteiger charge is 2.30. The molecule has 0 radical (unpaired) electrons. The van der Waals surface area contributed by atoms with Gasteiger partial charge < -0.3 is 19.0 Å². The van der Waals surface area contributed by atoms with Crippen molar-refractivity contribution >= 4 is 17.7 Å². The van der Waals surface area contributed by atoms with Gasteiger partial charge >= 0.3 is 6.09 Å². The molecular weight excluding hydrogens is 358 g/mol. The number of ether oxygens (including phenoxy) is 1. The van der Waals surface area contributed by atoms with E-state index >= 15 is 0 Å². The Morgan fingerprint density at radius 1 is 1.32 bits per heavy atom. The van der Waals surface area contributed by atoms with Gasteiger partial charge in [-0.2, -0.15) is 0 Å². The zero-order valence-corrected chi connectivity index (χ0v) is 16.6. The van der Waals surface area contributed by atoms with Crippen LogP contribution in [0.4, 0.5) is 10.5 Å². The second-order valence-electron chi connectivity index (χ2n) is 8.04. The minimum absolute atomic E-state index is 0.139. The van der Waals surface area contributed by atoms with Crippen molar-refractivity contribution < 1.29 is 18.7 Å². The molecule has 0 bridgehead atoms. The lowest BCUT2D eigenvalue weighted by atomic mass is 9.97. The van der Waals surface area contributed by atoms with Crippen molar-refractivity contribution in [2.24, 2.45) is 5.92 Å². The van der Waals surface area contributed by atoms with Gasteiger partial charge in [0.05, 0.1) is 18.1 Å². The first-order valence-corrected chi connectivity index (χ1v) is 9.57. The summed E-state index contributed by atoms with van der Waals surface area (Å²) >= 11 is 0. The van der Waals surface area contributed by atoms with Gasteiger partial charge in [0.15, 0.2) is 5.76 Å². The molecule has 0 aromatic carbocycles. The number of rotatable bonds is 4. The van der Waals surface area contributed by atoms with E-state index in [0.29, 0.717) is 25.3 Å². The van der Waals surface area contributed by atoms with Crippen molar-refractivity contribution in [1.29, 1.82) is 0 Å². The zero-order chi connectivity index (χ0) is 20.1.